The van der Waals surface area contributed by atoms with Gasteiger partial charge in [0.1, 0.15) is 5.75 Å². The summed E-state index contributed by atoms with van der Waals surface area (Å²) in [5, 5.41) is 13.5. The van der Waals surface area contributed by atoms with Gasteiger partial charge in [0.15, 0.2) is 5.78 Å². The summed E-state index contributed by atoms with van der Waals surface area (Å²) in [7, 11) is 0. The van der Waals surface area contributed by atoms with Gasteiger partial charge in [-0.3, -0.25) is 4.79 Å². The number of aromatic hydroxyl groups is 1. The maximum Gasteiger partial charge on any atom is 0.199 e. The molecule has 0 aromatic heterocycles. The number of rotatable bonds is 4. The molecule has 104 valence electrons. The van der Waals surface area contributed by atoms with Crippen LogP contribution in [0.3, 0.4) is 0 Å². The van der Waals surface area contributed by atoms with Gasteiger partial charge in [0.05, 0.1) is 11.3 Å². The van der Waals surface area contributed by atoms with E-state index in [1.165, 1.54) is 24.3 Å². The molecule has 0 aliphatic carbocycles. The summed E-state index contributed by atoms with van der Waals surface area (Å²) in [6.45, 7) is 0. The molecule has 0 heterocycles. The summed E-state index contributed by atoms with van der Waals surface area (Å²) in [5.74, 6) is -0.842. The van der Waals surface area contributed by atoms with E-state index < -0.39 is 5.78 Å². The van der Waals surface area contributed by atoms with Gasteiger partial charge in [-0.15, -0.1) is 0 Å². The number of hydrogen-bond acceptors (Lipinski definition) is 3. The largest absolute Gasteiger partial charge is 0.507 e. The Morgan fingerprint density at radius 3 is 2.57 bits per heavy atom. The van der Waals surface area contributed by atoms with Crippen LogP contribution in [0.2, 0.25) is 5.02 Å². The Morgan fingerprint density at radius 2 is 1.95 bits per heavy atom. The van der Waals surface area contributed by atoms with Crippen molar-refractivity contribution in [3.63, 3.8) is 0 Å². The van der Waals surface area contributed by atoms with E-state index >= 15 is 0 Å². The molecular weight excluding hydrogens is 290 g/mol. The molecule has 0 amide bonds. The molecule has 1 N–H and O–H groups in total. The standard InChI is InChI=1S/C15H10ClN3O2/c16-11-6-7-12(14(20)9-11)15(21)13(18-19-17)8-10-4-2-1-3-5-10/h1-9,20H/b13-8-. The van der Waals surface area contributed by atoms with E-state index in [4.69, 9.17) is 17.1 Å². The third kappa shape index (κ3) is 3.63. The van der Waals surface area contributed by atoms with Crippen molar-refractivity contribution in [3.05, 3.63) is 80.8 Å². The first-order chi connectivity index (χ1) is 10.1. The minimum Gasteiger partial charge on any atom is -0.507 e. The number of phenolic OH excluding ortho intramolecular Hbond substituents is 1. The zero-order chi connectivity index (χ0) is 15.2. The van der Waals surface area contributed by atoms with Crippen molar-refractivity contribution in [3.8, 4) is 5.75 Å². The highest BCUT2D eigenvalue weighted by atomic mass is 35.5. The van der Waals surface area contributed by atoms with Gasteiger partial charge in [-0.25, -0.2) is 0 Å². The number of carbonyl (C=O) groups excluding carboxylic acids is 1. The fourth-order valence-electron chi connectivity index (χ4n) is 1.73. The second-order valence-corrected chi connectivity index (χ2v) is 4.56. The first kappa shape index (κ1) is 14.7. The Bertz CT molecular complexity index is 751. The number of benzene rings is 2. The van der Waals surface area contributed by atoms with Gasteiger partial charge in [-0.1, -0.05) is 47.0 Å². The lowest BCUT2D eigenvalue weighted by Crippen LogP contribution is -2.01. The molecule has 0 fully saturated rings. The van der Waals surface area contributed by atoms with E-state index in [1.54, 1.807) is 24.3 Å². The van der Waals surface area contributed by atoms with Crippen LogP contribution in [0.4, 0.5) is 0 Å². The van der Waals surface area contributed by atoms with E-state index in [-0.39, 0.29) is 17.0 Å². The van der Waals surface area contributed by atoms with Crippen LogP contribution >= 0.6 is 11.6 Å². The quantitative estimate of drug-likeness (QED) is 0.294. The lowest BCUT2D eigenvalue weighted by atomic mass is 10.1. The molecule has 5 nitrogen and oxygen atoms in total. The zero-order valence-corrected chi connectivity index (χ0v) is 11.5. The molecule has 0 bridgehead atoms. The van der Waals surface area contributed by atoms with E-state index in [1.807, 2.05) is 6.07 Å². The van der Waals surface area contributed by atoms with Gasteiger partial charge in [-0.05, 0) is 35.4 Å². The first-order valence-corrected chi connectivity index (χ1v) is 6.34. The van der Waals surface area contributed by atoms with Crippen LogP contribution in [0.25, 0.3) is 16.5 Å². The molecule has 2 aromatic carbocycles. The van der Waals surface area contributed by atoms with Crippen molar-refractivity contribution in [2.24, 2.45) is 5.11 Å². The summed E-state index contributed by atoms with van der Waals surface area (Å²) >= 11 is 5.72. The van der Waals surface area contributed by atoms with Gasteiger partial charge < -0.3 is 5.11 Å². The van der Waals surface area contributed by atoms with Crippen LogP contribution in [-0.2, 0) is 0 Å². The average molecular weight is 300 g/mol. The summed E-state index contributed by atoms with van der Waals surface area (Å²) in [4.78, 5) is 15.0. The van der Waals surface area contributed by atoms with Gasteiger partial charge in [0, 0.05) is 9.93 Å². The summed E-state index contributed by atoms with van der Waals surface area (Å²) in [5.41, 5.74) is 9.23. The molecule has 2 rings (SSSR count). The predicted octanol–water partition coefficient (Wildman–Crippen LogP) is 4.58. The number of carbonyl (C=O) groups is 1. The summed E-state index contributed by atoms with van der Waals surface area (Å²) < 4.78 is 0. The molecule has 2 aromatic rings. The Morgan fingerprint density at radius 1 is 1.24 bits per heavy atom. The average Bonchev–Trinajstić information content (AvgIpc) is 2.47. The van der Waals surface area contributed by atoms with Crippen molar-refractivity contribution in [2.75, 3.05) is 0 Å². The van der Waals surface area contributed by atoms with E-state index in [0.29, 0.717) is 10.6 Å². The van der Waals surface area contributed by atoms with Gasteiger partial charge >= 0.3 is 0 Å². The predicted molar refractivity (Wildman–Crippen MR) is 81.0 cm³/mol. The third-order valence-electron chi connectivity index (χ3n) is 2.69. The van der Waals surface area contributed by atoms with E-state index in [2.05, 4.69) is 10.0 Å². The second-order valence-electron chi connectivity index (χ2n) is 4.12. The molecule has 21 heavy (non-hydrogen) atoms. The number of azide groups is 1. The normalized spacial score (nSPS) is 10.8. The highest BCUT2D eigenvalue weighted by Crippen LogP contribution is 2.25. The molecule has 0 atom stereocenters. The highest BCUT2D eigenvalue weighted by Gasteiger charge is 2.15. The van der Waals surface area contributed by atoms with Crippen LogP contribution in [0, 0.1) is 0 Å². The van der Waals surface area contributed by atoms with Gasteiger partial charge in [0.2, 0.25) is 0 Å². The maximum atomic E-state index is 12.3. The summed E-state index contributed by atoms with van der Waals surface area (Å²) in [6, 6.07) is 13.1. The first-order valence-electron chi connectivity index (χ1n) is 5.97. The molecule has 0 saturated heterocycles. The molecule has 0 spiro atoms. The maximum absolute atomic E-state index is 12.3. The van der Waals surface area contributed by atoms with Crippen molar-refractivity contribution in [1.82, 2.24) is 0 Å². The lowest BCUT2D eigenvalue weighted by Gasteiger charge is -2.04. The van der Waals surface area contributed by atoms with Crippen molar-refractivity contribution >= 4 is 23.5 Å². The smallest absolute Gasteiger partial charge is 0.199 e. The minimum atomic E-state index is -0.578. The molecule has 0 radical (unpaired) electrons. The van der Waals surface area contributed by atoms with Crippen molar-refractivity contribution < 1.29 is 9.90 Å². The molecule has 0 aliphatic rings. The van der Waals surface area contributed by atoms with Gasteiger partial charge in [-0.2, -0.15) is 0 Å². The number of halogens is 1. The second kappa shape index (κ2) is 6.61. The molecule has 6 heteroatoms. The van der Waals surface area contributed by atoms with Crippen LogP contribution in [0.5, 0.6) is 5.75 Å². The van der Waals surface area contributed by atoms with Gasteiger partial charge in [0.25, 0.3) is 0 Å². The Labute approximate surface area is 125 Å². The van der Waals surface area contributed by atoms with Crippen molar-refractivity contribution in [1.29, 1.82) is 0 Å². The molecular formula is C15H10ClN3O2. The highest BCUT2D eigenvalue weighted by molar-refractivity contribution is 6.31. The van der Waals surface area contributed by atoms with Crippen LogP contribution < -0.4 is 0 Å². The SMILES string of the molecule is [N-]=[N+]=N/C(=C\c1ccccc1)C(=O)c1ccc(Cl)cc1O. The molecule has 0 unspecified atom stereocenters. The van der Waals surface area contributed by atoms with E-state index in [0.717, 1.165) is 0 Å². The Kier molecular flexibility index (Phi) is 4.61. The Hall–Kier alpha value is -2.75. The summed E-state index contributed by atoms with van der Waals surface area (Å²) in [6.07, 6.45) is 1.45. The van der Waals surface area contributed by atoms with E-state index in [9.17, 15) is 9.90 Å². The molecule has 0 saturated carbocycles. The zero-order valence-electron chi connectivity index (χ0n) is 10.8. The van der Waals surface area contributed by atoms with Crippen LogP contribution in [0.15, 0.2) is 59.3 Å². The monoisotopic (exact) mass is 299 g/mol. The number of hydrogen-bond donors (Lipinski definition) is 1. The minimum absolute atomic E-state index is 0.0222. The number of phenols is 1. The number of allylic oxidation sites excluding steroid dienone is 1. The number of Topliss-reactive ketones (excluding diaryl/α,β-unsaturated/α-hetero) is 1. The number of nitrogens with zero attached hydrogens (tertiary/aromatic N) is 3. The van der Waals surface area contributed by atoms with Crippen molar-refractivity contribution in [2.45, 2.75) is 0 Å². The number of ketones is 1. The Balaban J connectivity index is 2.45. The fourth-order valence-corrected chi connectivity index (χ4v) is 1.90. The molecule has 0 aliphatic heterocycles. The van der Waals surface area contributed by atoms with Crippen LogP contribution in [-0.4, -0.2) is 10.9 Å². The lowest BCUT2D eigenvalue weighted by molar-refractivity contribution is 0.103. The van der Waals surface area contributed by atoms with Crippen LogP contribution in [0.1, 0.15) is 15.9 Å². The fraction of sp³-hybridized carbons (Fsp3) is 0. The third-order valence-corrected chi connectivity index (χ3v) is 2.93. The topological polar surface area (TPSA) is 86.1 Å².